The van der Waals surface area contributed by atoms with E-state index in [9.17, 15) is 9.18 Å². The Balaban J connectivity index is 1.66. The molecule has 1 aliphatic rings. The molecule has 4 N–H and O–H groups in total. The molecule has 1 aliphatic heterocycles. The molecule has 0 radical (unpaired) electrons. The van der Waals surface area contributed by atoms with Crippen molar-refractivity contribution >= 4 is 11.6 Å². The third kappa shape index (κ3) is 3.54. The summed E-state index contributed by atoms with van der Waals surface area (Å²) in [6.07, 6.45) is 0.807. The zero-order chi connectivity index (χ0) is 19.7. The van der Waals surface area contributed by atoms with E-state index in [0.717, 1.165) is 35.3 Å². The molecular formula is C21H22FN5O. The van der Waals surface area contributed by atoms with E-state index >= 15 is 0 Å². The molecular weight excluding hydrogens is 357 g/mol. The molecule has 1 aromatic heterocycles. The molecule has 0 atom stereocenters. The molecule has 28 heavy (non-hydrogen) atoms. The smallest absolute Gasteiger partial charge is 0.274 e. The Morgan fingerprint density at radius 3 is 2.96 bits per heavy atom. The van der Waals surface area contributed by atoms with Gasteiger partial charge in [0.25, 0.3) is 5.91 Å². The third-order valence-corrected chi connectivity index (χ3v) is 4.88. The second kappa shape index (κ2) is 7.53. The van der Waals surface area contributed by atoms with Gasteiger partial charge in [-0.3, -0.25) is 4.79 Å². The largest absolute Gasteiger partial charge is 0.326 e. The number of aromatic nitrogens is 2. The lowest BCUT2D eigenvalue weighted by molar-refractivity contribution is 0.101. The maximum absolute atomic E-state index is 14.5. The summed E-state index contributed by atoms with van der Waals surface area (Å²) in [6.45, 7) is 3.69. The van der Waals surface area contributed by atoms with Gasteiger partial charge in [0, 0.05) is 13.1 Å². The number of aryl methyl sites for hydroxylation is 1. The Morgan fingerprint density at radius 1 is 1.29 bits per heavy atom. The SMILES string of the molecule is Cc1cc(C(=O)Nc2cc3c(cc2F)CNCC3)n(-c2cccc(CN)c2)n1. The number of rotatable bonds is 4. The van der Waals surface area contributed by atoms with E-state index in [0.29, 0.717) is 24.5 Å². The van der Waals surface area contributed by atoms with Gasteiger partial charge >= 0.3 is 0 Å². The number of hydrogen-bond acceptors (Lipinski definition) is 4. The standard InChI is InChI=1S/C21H22FN5O/c1-13-7-20(27(26-13)17-4-2-3-14(8-17)11-23)21(28)25-19-10-15-5-6-24-12-16(15)9-18(19)22/h2-4,7-10,24H,5-6,11-12,23H2,1H3,(H,25,28). The van der Waals surface area contributed by atoms with Crippen molar-refractivity contribution in [1.29, 1.82) is 0 Å². The summed E-state index contributed by atoms with van der Waals surface area (Å²) in [7, 11) is 0. The highest BCUT2D eigenvalue weighted by Crippen LogP contribution is 2.24. The highest BCUT2D eigenvalue weighted by molar-refractivity contribution is 6.03. The number of amides is 1. The van der Waals surface area contributed by atoms with Crippen LogP contribution in [0.3, 0.4) is 0 Å². The van der Waals surface area contributed by atoms with Gasteiger partial charge in [0.1, 0.15) is 11.5 Å². The Hall–Kier alpha value is -3.03. The van der Waals surface area contributed by atoms with Gasteiger partial charge in [-0.2, -0.15) is 5.10 Å². The molecule has 1 amide bonds. The van der Waals surface area contributed by atoms with Crippen molar-refractivity contribution in [1.82, 2.24) is 15.1 Å². The predicted molar refractivity (Wildman–Crippen MR) is 106 cm³/mol. The Morgan fingerprint density at radius 2 is 2.14 bits per heavy atom. The fraction of sp³-hybridized carbons (Fsp3) is 0.238. The van der Waals surface area contributed by atoms with E-state index in [1.807, 2.05) is 31.2 Å². The van der Waals surface area contributed by atoms with E-state index in [-0.39, 0.29) is 5.69 Å². The number of anilines is 1. The zero-order valence-electron chi connectivity index (χ0n) is 15.6. The molecule has 6 nitrogen and oxygen atoms in total. The normalized spacial score (nSPS) is 13.2. The van der Waals surface area contributed by atoms with Gasteiger partial charge in [-0.1, -0.05) is 12.1 Å². The number of nitrogens with two attached hydrogens (primary N) is 1. The number of nitrogens with one attached hydrogen (secondary N) is 2. The monoisotopic (exact) mass is 379 g/mol. The topological polar surface area (TPSA) is 85.0 Å². The van der Waals surface area contributed by atoms with Crippen LogP contribution in [0.1, 0.15) is 32.9 Å². The average molecular weight is 379 g/mol. The number of fused-ring (bicyclic) bond motifs is 1. The van der Waals surface area contributed by atoms with Crippen molar-refractivity contribution in [3.05, 3.63) is 76.4 Å². The number of halogens is 1. The van der Waals surface area contributed by atoms with Crippen molar-refractivity contribution in [3.63, 3.8) is 0 Å². The van der Waals surface area contributed by atoms with Crippen LogP contribution < -0.4 is 16.4 Å². The van der Waals surface area contributed by atoms with E-state index in [2.05, 4.69) is 15.7 Å². The van der Waals surface area contributed by atoms with E-state index in [1.54, 1.807) is 16.8 Å². The molecule has 0 unspecified atom stereocenters. The molecule has 0 aliphatic carbocycles. The minimum absolute atomic E-state index is 0.187. The Labute approximate surface area is 162 Å². The van der Waals surface area contributed by atoms with Gasteiger partial charge in [-0.15, -0.1) is 0 Å². The fourth-order valence-electron chi connectivity index (χ4n) is 3.46. The lowest BCUT2D eigenvalue weighted by atomic mass is 10.00. The molecule has 0 saturated carbocycles. The molecule has 7 heteroatoms. The summed E-state index contributed by atoms with van der Waals surface area (Å²) >= 11 is 0. The maximum Gasteiger partial charge on any atom is 0.274 e. The van der Waals surface area contributed by atoms with E-state index < -0.39 is 11.7 Å². The van der Waals surface area contributed by atoms with Gasteiger partial charge in [0.05, 0.1) is 17.1 Å². The van der Waals surface area contributed by atoms with E-state index in [1.165, 1.54) is 6.07 Å². The summed E-state index contributed by atoms with van der Waals surface area (Å²) in [4.78, 5) is 12.9. The van der Waals surface area contributed by atoms with Crippen molar-refractivity contribution in [2.24, 2.45) is 5.73 Å². The van der Waals surface area contributed by atoms with Gasteiger partial charge in [-0.25, -0.2) is 9.07 Å². The van der Waals surface area contributed by atoms with Crippen LogP contribution in [0.4, 0.5) is 10.1 Å². The average Bonchev–Trinajstić information content (AvgIpc) is 3.10. The quantitative estimate of drug-likeness (QED) is 0.651. The summed E-state index contributed by atoms with van der Waals surface area (Å²) in [5.41, 5.74) is 10.6. The molecule has 0 spiro atoms. The first-order valence-electron chi connectivity index (χ1n) is 9.24. The Kier molecular flexibility index (Phi) is 4.93. The van der Waals surface area contributed by atoms with Crippen molar-refractivity contribution in [2.45, 2.75) is 26.4 Å². The van der Waals surface area contributed by atoms with Crippen LogP contribution in [-0.4, -0.2) is 22.2 Å². The van der Waals surface area contributed by atoms with Gasteiger partial charge in [-0.05, 0) is 66.9 Å². The van der Waals surface area contributed by atoms with E-state index in [4.69, 9.17) is 5.73 Å². The van der Waals surface area contributed by atoms with Gasteiger partial charge < -0.3 is 16.4 Å². The molecule has 2 heterocycles. The maximum atomic E-state index is 14.5. The van der Waals surface area contributed by atoms with Crippen molar-refractivity contribution < 1.29 is 9.18 Å². The number of nitrogens with zero attached hydrogens (tertiary/aromatic N) is 2. The van der Waals surface area contributed by atoms with Crippen LogP contribution in [0.15, 0.2) is 42.5 Å². The molecule has 3 aromatic rings. The zero-order valence-corrected chi connectivity index (χ0v) is 15.6. The lowest BCUT2D eigenvalue weighted by Crippen LogP contribution is -2.24. The minimum atomic E-state index is -0.441. The second-order valence-corrected chi connectivity index (χ2v) is 6.94. The van der Waals surface area contributed by atoms with Crippen LogP contribution in [0.2, 0.25) is 0 Å². The Bertz CT molecular complexity index is 1040. The molecule has 0 fully saturated rings. The van der Waals surface area contributed by atoms with Crippen molar-refractivity contribution in [3.8, 4) is 5.69 Å². The van der Waals surface area contributed by atoms with Crippen LogP contribution in [-0.2, 0) is 19.5 Å². The number of hydrogen-bond donors (Lipinski definition) is 3. The van der Waals surface area contributed by atoms with Crippen LogP contribution in [0.5, 0.6) is 0 Å². The summed E-state index contributed by atoms with van der Waals surface area (Å²) in [6, 6.07) is 12.4. The molecule has 4 rings (SSSR count). The summed E-state index contributed by atoms with van der Waals surface area (Å²) < 4.78 is 16.1. The second-order valence-electron chi connectivity index (χ2n) is 6.94. The molecule has 144 valence electrons. The number of carbonyl (C=O) groups is 1. The summed E-state index contributed by atoms with van der Waals surface area (Å²) in [5, 5.41) is 10.4. The predicted octanol–water partition coefficient (Wildman–Crippen LogP) is 2.68. The van der Waals surface area contributed by atoms with Crippen LogP contribution in [0, 0.1) is 12.7 Å². The number of benzene rings is 2. The first-order valence-corrected chi connectivity index (χ1v) is 9.24. The molecule has 0 saturated heterocycles. The summed E-state index contributed by atoms with van der Waals surface area (Å²) in [5.74, 6) is -0.852. The molecule has 0 bridgehead atoms. The van der Waals surface area contributed by atoms with Gasteiger partial charge in [0.15, 0.2) is 0 Å². The lowest BCUT2D eigenvalue weighted by Gasteiger charge is -2.19. The van der Waals surface area contributed by atoms with Crippen molar-refractivity contribution in [2.75, 3.05) is 11.9 Å². The first-order chi connectivity index (χ1) is 13.5. The number of carbonyl (C=O) groups excluding carboxylic acids is 1. The highest BCUT2D eigenvalue weighted by atomic mass is 19.1. The first kappa shape index (κ1) is 18.3. The highest BCUT2D eigenvalue weighted by Gasteiger charge is 2.19. The van der Waals surface area contributed by atoms with Crippen LogP contribution in [0.25, 0.3) is 5.69 Å². The van der Waals surface area contributed by atoms with Gasteiger partial charge in [0.2, 0.25) is 0 Å². The minimum Gasteiger partial charge on any atom is -0.326 e. The van der Waals surface area contributed by atoms with Crippen LogP contribution >= 0.6 is 0 Å². The third-order valence-electron chi connectivity index (χ3n) is 4.88. The fourth-order valence-corrected chi connectivity index (χ4v) is 3.46. The molecule has 2 aromatic carbocycles.